The van der Waals surface area contributed by atoms with Crippen molar-refractivity contribution in [2.24, 2.45) is 0 Å². The molecule has 6 nitrogen and oxygen atoms in total. The minimum absolute atomic E-state index is 0.154. The number of carboxylic acid groups (broad SMARTS) is 1. The van der Waals surface area contributed by atoms with Gasteiger partial charge >= 0.3 is 5.97 Å². The molecule has 0 radical (unpaired) electrons. The highest BCUT2D eigenvalue weighted by Crippen LogP contribution is 2.32. The van der Waals surface area contributed by atoms with Crippen LogP contribution in [0.15, 0.2) is 47.1 Å². The van der Waals surface area contributed by atoms with E-state index in [-0.39, 0.29) is 12.2 Å². The van der Waals surface area contributed by atoms with Crippen LogP contribution < -0.4 is 5.32 Å². The highest BCUT2D eigenvalue weighted by atomic mass is 32.1. The molecule has 3 aromatic rings. The van der Waals surface area contributed by atoms with E-state index in [1.165, 1.54) is 11.8 Å². The van der Waals surface area contributed by atoms with Crippen LogP contribution in [0.3, 0.4) is 0 Å². The summed E-state index contributed by atoms with van der Waals surface area (Å²) in [5.74, 6) is -1.20. The molecule has 0 saturated carbocycles. The van der Waals surface area contributed by atoms with Crippen LogP contribution >= 0.6 is 11.3 Å². The largest absolute Gasteiger partial charge is 0.481 e. The fraction of sp³-hybridized carbons (Fsp3) is 0.167. The maximum Gasteiger partial charge on any atom is 0.308 e. The van der Waals surface area contributed by atoms with Crippen LogP contribution in [0.2, 0.25) is 0 Å². The number of aliphatic carboxylic acids is 1. The van der Waals surface area contributed by atoms with Gasteiger partial charge in [-0.2, -0.15) is 0 Å². The molecule has 2 N–H and O–H groups in total. The second kappa shape index (κ2) is 7.31. The molecule has 2 heterocycles. The Morgan fingerprint density at radius 3 is 2.60 bits per heavy atom. The number of amides is 1. The lowest BCUT2D eigenvalue weighted by molar-refractivity contribution is -0.136. The van der Waals surface area contributed by atoms with Crippen molar-refractivity contribution in [3.8, 4) is 11.3 Å². The Balaban J connectivity index is 1.91. The molecule has 0 fully saturated rings. The number of thiazole rings is 1. The Labute approximate surface area is 148 Å². The topological polar surface area (TPSA) is 92.4 Å². The van der Waals surface area contributed by atoms with Gasteiger partial charge in [-0.1, -0.05) is 31.2 Å². The summed E-state index contributed by atoms with van der Waals surface area (Å²) >= 11 is 1.15. The molecule has 0 aliphatic carbocycles. The molecule has 0 bridgehead atoms. The molecule has 3 rings (SSSR count). The van der Waals surface area contributed by atoms with Gasteiger partial charge < -0.3 is 9.52 Å². The zero-order valence-electron chi connectivity index (χ0n) is 13.5. The highest BCUT2D eigenvalue weighted by Gasteiger charge is 2.18. The van der Waals surface area contributed by atoms with E-state index in [9.17, 15) is 9.59 Å². The van der Waals surface area contributed by atoms with Crippen molar-refractivity contribution in [3.05, 3.63) is 58.9 Å². The quantitative estimate of drug-likeness (QED) is 0.700. The average Bonchev–Trinajstić information content (AvgIpc) is 3.24. The third-order valence-electron chi connectivity index (χ3n) is 3.61. The van der Waals surface area contributed by atoms with E-state index in [0.29, 0.717) is 15.7 Å². The Kier molecular flexibility index (Phi) is 4.95. The molecule has 1 amide bonds. The Hall–Kier alpha value is -2.93. The van der Waals surface area contributed by atoms with Gasteiger partial charge in [-0.25, -0.2) is 4.98 Å². The minimum atomic E-state index is -0.945. The van der Waals surface area contributed by atoms with Crippen molar-refractivity contribution in [2.75, 3.05) is 5.32 Å². The van der Waals surface area contributed by atoms with Gasteiger partial charge in [-0.05, 0) is 24.1 Å². The maximum atomic E-state index is 12.1. The SMILES string of the molecule is CCc1ccc(-c2nc(NC(=O)c3ccco3)sc2CC(=O)O)cc1. The normalized spacial score (nSPS) is 10.6. The third-order valence-corrected chi connectivity index (χ3v) is 4.58. The van der Waals surface area contributed by atoms with Gasteiger partial charge in [0.1, 0.15) is 0 Å². The predicted octanol–water partition coefficient (Wildman–Crippen LogP) is 3.84. The molecule has 7 heteroatoms. The number of anilines is 1. The van der Waals surface area contributed by atoms with Gasteiger partial charge in [-0.15, -0.1) is 11.3 Å². The summed E-state index contributed by atoms with van der Waals surface area (Å²) in [5.41, 5.74) is 2.58. The average molecular weight is 356 g/mol. The van der Waals surface area contributed by atoms with E-state index in [1.54, 1.807) is 12.1 Å². The second-order valence-corrected chi connectivity index (χ2v) is 6.43. The zero-order chi connectivity index (χ0) is 17.8. The van der Waals surface area contributed by atoms with Crippen molar-refractivity contribution < 1.29 is 19.1 Å². The lowest BCUT2D eigenvalue weighted by atomic mass is 10.1. The van der Waals surface area contributed by atoms with Gasteiger partial charge in [0, 0.05) is 10.4 Å². The summed E-state index contributed by atoms with van der Waals surface area (Å²) in [6.07, 6.45) is 2.18. The van der Waals surface area contributed by atoms with Crippen LogP contribution in [0, 0.1) is 0 Å². The number of furan rings is 1. The van der Waals surface area contributed by atoms with E-state index in [0.717, 1.165) is 23.3 Å². The van der Waals surface area contributed by atoms with Gasteiger partial charge in [0.05, 0.1) is 18.4 Å². The van der Waals surface area contributed by atoms with E-state index < -0.39 is 11.9 Å². The van der Waals surface area contributed by atoms with Crippen molar-refractivity contribution in [2.45, 2.75) is 19.8 Å². The lowest BCUT2D eigenvalue weighted by Gasteiger charge is -2.02. The van der Waals surface area contributed by atoms with Crippen molar-refractivity contribution >= 4 is 28.3 Å². The molecule has 25 heavy (non-hydrogen) atoms. The number of rotatable bonds is 6. The number of hydrogen-bond donors (Lipinski definition) is 2. The van der Waals surface area contributed by atoms with E-state index in [2.05, 4.69) is 17.2 Å². The molecule has 0 aliphatic heterocycles. The Bertz CT molecular complexity index is 882. The first-order valence-corrected chi connectivity index (χ1v) is 8.54. The summed E-state index contributed by atoms with van der Waals surface area (Å²) in [4.78, 5) is 28.2. The number of nitrogens with zero attached hydrogens (tertiary/aromatic N) is 1. The maximum absolute atomic E-state index is 12.1. The fourth-order valence-corrected chi connectivity index (χ4v) is 3.32. The smallest absolute Gasteiger partial charge is 0.308 e. The van der Waals surface area contributed by atoms with Gasteiger partial charge in [0.15, 0.2) is 10.9 Å². The third kappa shape index (κ3) is 3.95. The Morgan fingerprint density at radius 1 is 1.24 bits per heavy atom. The number of aromatic nitrogens is 1. The van der Waals surface area contributed by atoms with Crippen molar-refractivity contribution in [3.63, 3.8) is 0 Å². The summed E-state index contributed by atoms with van der Waals surface area (Å²) in [7, 11) is 0. The van der Waals surface area contributed by atoms with Crippen molar-refractivity contribution in [1.82, 2.24) is 4.98 Å². The molecular formula is C18H16N2O4S. The van der Waals surface area contributed by atoms with Gasteiger partial charge in [-0.3, -0.25) is 14.9 Å². The second-order valence-electron chi connectivity index (χ2n) is 5.34. The van der Waals surface area contributed by atoms with Crippen LogP contribution in [0.25, 0.3) is 11.3 Å². The van der Waals surface area contributed by atoms with Crippen LogP contribution in [-0.4, -0.2) is 22.0 Å². The van der Waals surface area contributed by atoms with E-state index >= 15 is 0 Å². The van der Waals surface area contributed by atoms with E-state index in [4.69, 9.17) is 9.52 Å². The number of carboxylic acids is 1. The number of carbonyl (C=O) groups is 2. The first kappa shape index (κ1) is 16.9. The molecule has 0 unspecified atom stereocenters. The van der Waals surface area contributed by atoms with Crippen LogP contribution in [0.5, 0.6) is 0 Å². The molecule has 0 spiro atoms. The van der Waals surface area contributed by atoms with E-state index in [1.807, 2.05) is 24.3 Å². The first-order chi connectivity index (χ1) is 12.1. The van der Waals surface area contributed by atoms with Crippen LogP contribution in [-0.2, 0) is 17.6 Å². The lowest BCUT2D eigenvalue weighted by Crippen LogP contribution is -2.10. The molecule has 2 aromatic heterocycles. The molecule has 0 aliphatic rings. The first-order valence-electron chi connectivity index (χ1n) is 7.72. The van der Waals surface area contributed by atoms with Crippen LogP contribution in [0.1, 0.15) is 27.9 Å². The number of aryl methyl sites for hydroxylation is 1. The predicted molar refractivity (Wildman–Crippen MR) is 94.9 cm³/mol. The molecule has 1 aromatic carbocycles. The molecular weight excluding hydrogens is 340 g/mol. The number of carbonyl (C=O) groups excluding carboxylic acids is 1. The number of nitrogens with one attached hydrogen (secondary N) is 1. The number of hydrogen-bond acceptors (Lipinski definition) is 5. The Morgan fingerprint density at radius 2 is 2.00 bits per heavy atom. The molecule has 128 valence electrons. The fourth-order valence-electron chi connectivity index (χ4n) is 2.35. The highest BCUT2D eigenvalue weighted by molar-refractivity contribution is 7.16. The molecule has 0 atom stereocenters. The summed E-state index contributed by atoms with van der Waals surface area (Å²) in [6.45, 7) is 2.07. The van der Waals surface area contributed by atoms with Gasteiger partial charge in [0.25, 0.3) is 5.91 Å². The van der Waals surface area contributed by atoms with Crippen molar-refractivity contribution in [1.29, 1.82) is 0 Å². The van der Waals surface area contributed by atoms with Gasteiger partial charge in [0.2, 0.25) is 0 Å². The summed E-state index contributed by atoms with van der Waals surface area (Å²) in [6, 6.07) is 11.0. The minimum Gasteiger partial charge on any atom is -0.481 e. The van der Waals surface area contributed by atoms with Crippen LogP contribution in [0.4, 0.5) is 5.13 Å². The zero-order valence-corrected chi connectivity index (χ0v) is 14.3. The standard InChI is InChI=1S/C18H16N2O4S/c1-2-11-5-7-12(8-6-11)16-14(10-15(21)22)25-18(19-16)20-17(23)13-4-3-9-24-13/h3-9H,2,10H2,1H3,(H,21,22)(H,19,20,23). The number of benzene rings is 1. The summed E-state index contributed by atoms with van der Waals surface area (Å²) in [5, 5.41) is 12.1. The molecule has 0 saturated heterocycles. The monoisotopic (exact) mass is 356 g/mol. The summed E-state index contributed by atoms with van der Waals surface area (Å²) < 4.78 is 5.05.